The molecule has 0 radical (unpaired) electrons. The van der Waals surface area contributed by atoms with Gasteiger partial charge in [0, 0.05) is 17.7 Å². The van der Waals surface area contributed by atoms with Crippen molar-refractivity contribution in [1.29, 1.82) is 0 Å². The van der Waals surface area contributed by atoms with Crippen LogP contribution in [0.1, 0.15) is 18.9 Å². The Balaban J connectivity index is 2.72. The molecule has 88 valence electrons. The number of nitro benzene ring substituents is 1. The third-order valence-corrected chi connectivity index (χ3v) is 2.59. The van der Waals surface area contributed by atoms with Crippen LogP contribution in [0.5, 0.6) is 0 Å². The van der Waals surface area contributed by atoms with Crippen molar-refractivity contribution in [1.82, 2.24) is 0 Å². The lowest BCUT2D eigenvalue weighted by molar-refractivity contribution is -0.903. The van der Waals surface area contributed by atoms with Crippen molar-refractivity contribution < 1.29 is 9.41 Å². The largest absolute Gasteiger partial charge is 0.325 e. The van der Waals surface area contributed by atoms with E-state index in [0.717, 1.165) is 29.6 Å². The first-order valence-corrected chi connectivity index (χ1v) is 5.50. The van der Waals surface area contributed by atoms with E-state index in [1.807, 2.05) is 12.1 Å². The first-order chi connectivity index (χ1) is 7.44. The van der Waals surface area contributed by atoms with Gasteiger partial charge in [0.1, 0.15) is 6.54 Å². The molecular weight excluding hydrogens is 204 g/mol. The molecule has 1 rings (SSSR count). The lowest BCUT2D eigenvalue weighted by Gasteiger charge is -2.29. The Labute approximate surface area is 96.2 Å². The fourth-order valence-corrected chi connectivity index (χ4v) is 1.90. The van der Waals surface area contributed by atoms with E-state index in [0.29, 0.717) is 0 Å². The van der Waals surface area contributed by atoms with Gasteiger partial charge >= 0.3 is 0 Å². The van der Waals surface area contributed by atoms with Gasteiger partial charge in [0.2, 0.25) is 0 Å². The summed E-state index contributed by atoms with van der Waals surface area (Å²) in [4.78, 5) is 10.1. The van der Waals surface area contributed by atoms with Gasteiger partial charge in [-0.05, 0) is 18.6 Å². The summed E-state index contributed by atoms with van der Waals surface area (Å²) >= 11 is 0. The average Bonchev–Trinajstić information content (AvgIpc) is 2.17. The molecule has 0 aliphatic rings. The summed E-state index contributed by atoms with van der Waals surface area (Å²) in [6, 6.07) is 6.82. The highest BCUT2D eigenvalue weighted by atomic mass is 16.6. The number of nitrogens with zero attached hydrogens (tertiary/aromatic N) is 2. The van der Waals surface area contributed by atoms with Crippen LogP contribution in [-0.2, 0) is 6.54 Å². The summed E-state index contributed by atoms with van der Waals surface area (Å²) in [5.41, 5.74) is 1.30. The predicted molar refractivity (Wildman–Crippen MR) is 64.1 cm³/mol. The van der Waals surface area contributed by atoms with Gasteiger partial charge in [-0.1, -0.05) is 6.92 Å². The Bertz CT molecular complexity index is 358. The molecule has 1 aromatic carbocycles. The Hall–Kier alpha value is -1.42. The summed E-state index contributed by atoms with van der Waals surface area (Å²) in [6.07, 6.45) is 1.14. The van der Waals surface area contributed by atoms with Gasteiger partial charge < -0.3 is 4.48 Å². The molecule has 4 heteroatoms. The van der Waals surface area contributed by atoms with E-state index < -0.39 is 0 Å². The van der Waals surface area contributed by atoms with Crippen molar-refractivity contribution in [3.63, 3.8) is 0 Å². The van der Waals surface area contributed by atoms with Crippen LogP contribution in [0.25, 0.3) is 0 Å². The highest BCUT2D eigenvalue weighted by Gasteiger charge is 2.15. The van der Waals surface area contributed by atoms with Gasteiger partial charge in [0.25, 0.3) is 5.69 Å². The summed E-state index contributed by atoms with van der Waals surface area (Å²) in [5.74, 6) is 0. The molecule has 0 saturated carbocycles. The lowest BCUT2D eigenvalue weighted by Crippen LogP contribution is -2.39. The Morgan fingerprint density at radius 3 is 2.25 bits per heavy atom. The number of nitro groups is 1. The maximum absolute atomic E-state index is 10.5. The number of benzene rings is 1. The zero-order valence-electron chi connectivity index (χ0n) is 10.1. The minimum Gasteiger partial charge on any atom is -0.325 e. The molecule has 0 heterocycles. The van der Waals surface area contributed by atoms with Crippen molar-refractivity contribution in [2.45, 2.75) is 19.9 Å². The predicted octanol–water partition coefficient (Wildman–Crippen LogP) is 2.58. The average molecular weight is 223 g/mol. The van der Waals surface area contributed by atoms with Gasteiger partial charge in [0.05, 0.1) is 25.6 Å². The second-order valence-electron chi connectivity index (χ2n) is 4.74. The minimum absolute atomic E-state index is 0.157. The monoisotopic (exact) mass is 223 g/mol. The summed E-state index contributed by atoms with van der Waals surface area (Å²) in [7, 11) is 4.34. The summed E-state index contributed by atoms with van der Waals surface area (Å²) in [5, 5.41) is 10.5. The fraction of sp³-hybridized carbons (Fsp3) is 0.500. The van der Waals surface area contributed by atoms with Crippen LogP contribution in [-0.4, -0.2) is 30.0 Å². The van der Waals surface area contributed by atoms with E-state index in [1.54, 1.807) is 12.1 Å². The molecule has 1 aromatic rings. The molecule has 0 bridgehead atoms. The van der Waals surface area contributed by atoms with Gasteiger partial charge in [-0.25, -0.2) is 0 Å². The maximum Gasteiger partial charge on any atom is 0.269 e. The van der Waals surface area contributed by atoms with E-state index in [-0.39, 0.29) is 10.6 Å². The number of rotatable bonds is 5. The fourth-order valence-electron chi connectivity index (χ4n) is 1.90. The molecule has 0 N–H and O–H groups in total. The van der Waals surface area contributed by atoms with Crippen LogP contribution in [0.2, 0.25) is 0 Å². The summed E-state index contributed by atoms with van der Waals surface area (Å²) in [6.45, 7) is 4.18. The molecule has 4 nitrogen and oxygen atoms in total. The van der Waals surface area contributed by atoms with Crippen molar-refractivity contribution in [3.8, 4) is 0 Å². The molecule has 0 fully saturated rings. The number of non-ortho nitro benzene ring substituents is 1. The smallest absolute Gasteiger partial charge is 0.269 e. The molecule has 0 aliphatic heterocycles. The first kappa shape index (κ1) is 12.6. The minimum atomic E-state index is -0.365. The highest BCUT2D eigenvalue weighted by molar-refractivity contribution is 5.32. The van der Waals surface area contributed by atoms with Crippen LogP contribution in [0, 0.1) is 10.1 Å². The third-order valence-electron chi connectivity index (χ3n) is 2.59. The van der Waals surface area contributed by atoms with Crippen molar-refractivity contribution >= 4 is 5.69 Å². The van der Waals surface area contributed by atoms with Crippen LogP contribution >= 0.6 is 0 Å². The third kappa shape index (κ3) is 3.62. The van der Waals surface area contributed by atoms with Crippen molar-refractivity contribution in [2.75, 3.05) is 20.6 Å². The van der Waals surface area contributed by atoms with Crippen LogP contribution in [0.3, 0.4) is 0 Å². The number of quaternary nitrogens is 1. The van der Waals surface area contributed by atoms with E-state index >= 15 is 0 Å². The Morgan fingerprint density at radius 2 is 1.81 bits per heavy atom. The Morgan fingerprint density at radius 1 is 1.25 bits per heavy atom. The molecule has 0 unspecified atom stereocenters. The molecule has 0 aliphatic carbocycles. The van der Waals surface area contributed by atoms with Crippen LogP contribution in [0.4, 0.5) is 5.69 Å². The quantitative estimate of drug-likeness (QED) is 0.437. The topological polar surface area (TPSA) is 43.1 Å². The number of hydrogen-bond donors (Lipinski definition) is 0. The normalized spacial score (nSPS) is 11.4. The van der Waals surface area contributed by atoms with Crippen molar-refractivity contribution in [2.24, 2.45) is 0 Å². The molecule has 0 atom stereocenters. The van der Waals surface area contributed by atoms with E-state index in [9.17, 15) is 10.1 Å². The molecule has 0 aromatic heterocycles. The lowest BCUT2D eigenvalue weighted by atomic mass is 10.2. The van der Waals surface area contributed by atoms with Gasteiger partial charge in [-0.15, -0.1) is 0 Å². The maximum atomic E-state index is 10.5. The van der Waals surface area contributed by atoms with Crippen LogP contribution < -0.4 is 0 Å². The van der Waals surface area contributed by atoms with E-state index in [2.05, 4.69) is 21.0 Å². The van der Waals surface area contributed by atoms with Gasteiger partial charge in [-0.2, -0.15) is 0 Å². The van der Waals surface area contributed by atoms with E-state index in [1.165, 1.54) is 0 Å². The first-order valence-electron chi connectivity index (χ1n) is 5.50. The Kier molecular flexibility index (Phi) is 4.01. The number of hydrogen-bond acceptors (Lipinski definition) is 2. The summed E-state index contributed by atoms with van der Waals surface area (Å²) < 4.78 is 0.911. The highest BCUT2D eigenvalue weighted by Crippen LogP contribution is 2.15. The molecule has 16 heavy (non-hydrogen) atoms. The molecule has 0 spiro atoms. The zero-order chi connectivity index (χ0) is 12.2. The van der Waals surface area contributed by atoms with Gasteiger partial charge in [0.15, 0.2) is 0 Å². The zero-order valence-corrected chi connectivity index (χ0v) is 10.1. The molecule has 0 saturated heterocycles. The molecule has 0 amide bonds. The second-order valence-corrected chi connectivity index (χ2v) is 4.74. The second kappa shape index (κ2) is 5.07. The van der Waals surface area contributed by atoms with Crippen LogP contribution in [0.15, 0.2) is 24.3 Å². The van der Waals surface area contributed by atoms with E-state index in [4.69, 9.17) is 0 Å². The van der Waals surface area contributed by atoms with Gasteiger partial charge in [-0.3, -0.25) is 10.1 Å². The van der Waals surface area contributed by atoms with Crippen molar-refractivity contribution in [3.05, 3.63) is 39.9 Å². The molecular formula is C12H19N2O2+. The standard InChI is InChI=1S/C12H19N2O2/c1-4-9-14(2,3)10-11-5-7-12(8-6-11)13(15)16/h5-8H,4,9-10H2,1-3H3/q+1. The SMILES string of the molecule is CCC[N+](C)(C)Cc1ccc([N+](=O)[O-])cc1.